The molecular weight excluding hydrogens is 334 g/mol. The quantitative estimate of drug-likeness (QED) is 0.809. The first-order valence-corrected chi connectivity index (χ1v) is 8.90. The number of ether oxygens (including phenoxy) is 3. The zero-order chi connectivity index (χ0) is 17.6. The first kappa shape index (κ1) is 16.9. The Labute approximate surface area is 152 Å². The molecule has 1 saturated heterocycles. The van der Waals surface area contributed by atoms with Gasteiger partial charge in [0.25, 0.3) is 0 Å². The van der Waals surface area contributed by atoms with Crippen molar-refractivity contribution in [1.29, 1.82) is 0 Å². The summed E-state index contributed by atoms with van der Waals surface area (Å²) >= 11 is 0. The van der Waals surface area contributed by atoms with E-state index in [4.69, 9.17) is 14.2 Å². The van der Waals surface area contributed by atoms with Crippen molar-refractivity contribution in [3.8, 4) is 11.5 Å². The van der Waals surface area contributed by atoms with Gasteiger partial charge in [0.15, 0.2) is 11.5 Å². The molecule has 0 aliphatic carbocycles. The number of nitrogens with one attached hydrogen (secondary N) is 2. The fourth-order valence-corrected chi connectivity index (χ4v) is 2.93. The Morgan fingerprint density at radius 3 is 2.73 bits per heavy atom. The third-order valence-electron chi connectivity index (χ3n) is 4.29. The topological polar surface area (TPSA) is 80.8 Å². The Morgan fingerprint density at radius 1 is 1.00 bits per heavy atom. The van der Waals surface area contributed by atoms with Crippen molar-refractivity contribution in [1.82, 2.24) is 14.9 Å². The molecule has 0 bridgehead atoms. The summed E-state index contributed by atoms with van der Waals surface area (Å²) in [7, 11) is 0. The van der Waals surface area contributed by atoms with E-state index in [9.17, 15) is 0 Å². The third-order valence-corrected chi connectivity index (χ3v) is 4.29. The summed E-state index contributed by atoms with van der Waals surface area (Å²) in [6, 6.07) is 7.60. The van der Waals surface area contributed by atoms with E-state index in [1.165, 1.54) is 0 Å². The third kappa shape index (κ3) is 4.33. The summed E-state index contributed by atoms with van der Waals surface area (Å²) in [6.45, 7) is 6.49. The van der Waals surface area contributed by atoms with Crippen LogP contribution in [0.3, 0.4) is 0 Å². The van der Waals surface area contributed by atoms with Crippen LogP contribution in [0.25, 0.3) is 0 Å². The van der Waals surface area contributed by atoms with E-state index in [0.717, 1.165) is 62.4 Å². The molecule has 1 aromatic heterocycles. The summed E-state index contributed by atoms with van der Waals surface area (Å²) in [6.07, 6.45) is 1.74. The number of fused-ring (bicyclic) bond motifs is 1. The van der Waals surface area contributed by atoms with Crippen LogP contribution in [0.4, 0.5) is 17.5 Å². The lowest BCUT2D eigenvalue weighted by atomic mass is 10.2. The van der Waals surface area contributed by atoms with Crippen molar-refractivity contribution >= 4 is 17.5 Å². The van der Waals surface area contributed by atoms with Gasteiger partial charge in [0.1, 0.15) is 19.0 Å². The van der Waals surface area contributed by atoms with Gasteiger partial charge in [0.05, 0.1) is 13.2 Å². The van der Waals surface area contributed by atoms with Gasteiger partial charge < -0.3 is 24.8 Å². The molecule has 1 fully saturated rings. The number of hydrogen-bond donors (Lipinski definition) is 2. The van der Waals surface area contributed by atoms with Crippen LogP contribution in [0.1, 0.15) is 0 Å². The molecule has 3 heterocycles. The smallest absolute Gasteiger partial charge is 0.224 e. The number of morpholine rings is 1. The number of anilines is 3. The Morgan fingerprint density at radius 2 is 1.85 bits per heavy atom. The zero-order valence-electron chi connectivity index (χ0n) is 14.6. The minimum absolute atomic E-state index is 0.571. The lowest BCUT2D eigenvalue weighted by Crippen LogP contribution is -2.39. The second-order valence-electron chi connectivity index (χ2n) is 6.13. The van der Waals surface area contributed by atoms with Gasteiger partial charge in [-0.1, -0.05) is 0 Å². The van der Waals surface area contributed by atoms with E-state index in [2.05, 4.69) is 25.5 Å². The predicted octanol–water partition coefficient (Wildman–Crippen LogP) is 1.74. The van der Waals surface area contributed by atoms with Gasteiger partial charge in [0, 0.05) is 44.1 Å². The molecule has 0 unspecified atom stereocenters. The molecule has 26 heavy (non-hydrogen) atoms. The van der Waals surface area contributed by atoms with Crippen molar-refractivity contribution in [2.45, 2.75) is 0 Å². The number of aromatic nitrogens is 2. The maximum Gasteiger partial charge on any atom is 0.224 e. The van der Waals surface area contributed by atoms with Crippen LogP contribution in [0.5, 0.6) is 11.5 Å². The molecule has 138 valence electrons. The van der Waals surface area contributed by atoms with E-state index in [1.54, 1.807) is 6.20 Å². The zero-order valence-corrected chi connectivity index (χ0v) is 14.6. The molecule has 0 saturated carbocycles. The fraction of sp³-hybridized carbons (Fsp3) is 0.444. The minimum Gasteiger partial charge on any atom is -0.486 e. The summed E-state index contributed by atoms with van der Waals surface area (Å²) in [5.74, 6) is 2.86. The van der Waals surface area contributed by atoms with Crippen molar-refractivity contribution in [2.24, 2.45) is 0 Å². The molecule has 2 N–H and O–H groups in total. The van der Waals surface area contributed by atoms with Gasteiger partial charge in [0.2, 0.25) is 5.95 Å². The molecule has 0 radical (unpaired) electrons. The predicted molar refractivity (Wildman–Crippen MR) is 98.5 cm³/mol. The molecular formula is C18H23N5O3. The van der Waals surface area contributed by atoms with Crippen LogP contribution < -0.4 is 20.1 Å². The van der Waals surface area contributed by atoms with Gasteiger partial charge in [-0.2, -0.15) is 4.98 Å². The van der Waals surface area contributed by atoms with Crippen LogP contribution >= 0.6 is 0 Å². The average Bonchev–Trinajstić information content (AvgIpc) is 2.69. The van der Waals surface area contributed by atoms with Crippen molar-refractivity contribution < 1.29 is 14.2 Å². The molecule has 0 spiro atoms. The summed E-state index contributed by atoms with van der Waals surface area (Å²) in [4.78, 5) is 11.2. The summed E-state index contributed by atoms with van der Waals surface area (Å²) < 4.78 is 16.5. The monoisotopic (exact) mass is 357 g/mol. The van der Waals surface area contributed by atoms with Gasteiger partial charge in [-0.15, -0.1) is 0 Å². The van der Waals surface area contributed by atoms with E-state index in [-0.39, 0.29) is 0 Å². The van der Waals surface area contributed by atoms with Gasteiger partial charge in [-0.05, 0) is 18.2 Å². The normalized spacial score (nSPS) is 16.9. The van der Waals surface area contributed by atoms with Gasteiger partial charge in [-0.25, -0.2) is 4.98 Å². The second-order valence-corrected chi connectivity index (χ2v) is 6.13. The number of benzene rings is 1. The minimum atomic E-state index is 0.571. The highest BCUT2D eigenvalue weighted by molar-refractivity contribution is 5.62. The lowest BCUT2D eigenvalue weighted by Gasteiger charge is -2.26. The molecule has 2 aliphatic rings. The highest BCUT2D eigenvalue weighted by Gasteiger charge is 2.12. The first-order chi connectivity index (χ1) is 12.9. The standard InChI is InChI=1S/C18H23N5O3/c1-2-15-16(26-12-11-25-15)13-14(1)21-17-3-4-19-18(22-17)20-5-6-23-7-9-24-10-8-23/h1-4,13H,5-12H2,(H2,19,20,21,22). The second kappa shape index (κ2) is 8.20. The maximum atomic E-state index is 5.61. The number of nitrogens with zero attached hydrogens (tertiary/aromatic N) is 3. The van der Waals surface area contributed by atoms with E-state index < -0.39 is 0 Å². The maximum absolute atomic E-state index is 5.61. The van der Waals surface area contributed by atoms with Crippen LogP contribution in [-0.2, 0) is 4.74 Å². The van der Waals surface area contributed by atoms with Crippen molar-refractivity contribution in [3.63, 3.8) is 0 Å². The van der Waals surface area contributed by atoms with Crippen LogP contribution in [0, 0.1) is 0 Å². The van der Waals surface area contributed by atoms with Gasteiger partial charge in [-0.3, -0.25) is 4.90 Å². The molecule has 1 aromatic carbocycles. The Kier molecular flexibility index (Phi) is 5.32. The first-order valence-electron chi connectivity index (χ1n) is 8.90. The van der Waals surface area contributed by atoms with Crippen molar-refractivity contribution in [3.05, 3.63) is 30.5 Å². The summed E-state index contributed by atoms with van der Waals surface area (Å²) in [5, 5.41) is 6.56. The molecule has 8 heteroatoms. The van der Waals surface area contributed by atoms with E-state index >= 15 is 0 Å². The Bertz CT molecular complexity index is 737. The van der Waals surface area contributed by atoms with E-state index in [0.29, 0.717) is 19.2 Å². The molecule has 8 nitrogen and oxygen atoms in total. The largest absolute Gasteiger partial charge is 0.486 e. The van der Waals surface area contributed by atoms with Crippen molar-refractivity contribution in [2.75, 3.05) is 63.2 Å². The molecule has 0 atom stereocenters. The average molecular weight is 357 g/mol. The number of hydrogen-bond acceptors (Lipinski definition) is 8. The van der Waals surface area contributed by atoms with E-state index in [1.807, 2.05) is 24.3 Å². The highest BCUT2D eigenvalue weighted by Crippen LogP contribution is 2.33. The fourth-order valence-electron chi connectivity index (χ4n) is 2.93. The molecule has 2 aliphatic heterocycles. The van der Waals surface area contributed by atoms with Crippen LogP contribution in [0.15, 0.2) is 30.5 Å². The van der Waals surface area contributed by atoms with Crippen LogP contribution in [0.2, 0.25) is 0 Å². The Hall–Kier alpha value is -2.58. The Balaban J connectivity index is 1.33. The lowest BCUT2D eigenvalue weighted by molar-refractivity contribution is 0.0398. The van der Waals surface area contributed by atoms with Gasteiger partial charge >= 0.3 is 0 Å². The molecule has 4 rings (SSSR count). The highest BCUT2D eigenvalue weighted by atomic mass is 16.6. The molecule has 0 amide bonds. The number of rotatable bonds is 6. The van der Waals surface area contributed by atoms with Crippen LogP contribution in [-0.4, -0.2) is 67.5 Å². The summed E-state index contributed by atoms with van der Waals surface area (Å²) in [5.41, 5.74) is 0.896. The SMILES string of the molecule is c1cc(Nc2ccc3c(c2)OCCO3)nc(NCCN2CCOCC2)n1. The molecule has 2 aromatic rings.